The summed E-state index contributed by atoms with van der Waals surface area (Å²) < 4.78 is 12.2. The van der Waals surface area contributed by atoms with Gasteiger partial charge in [-0.1, -0.05) is 12.7 Å². The van der Waals surface area contributed by atoms with Gasteiger partial charge in [-0.25, -0.2) is 14.5 Å². The van der Waals surface area contributed by atoms with E-state index in [1.807, 2.05) is 6.92 Å². The summed E-state index contributed by atoms with van der Waals surface area (Å²) in [5.74, 6) is -0.501. The predicted octanol–water partition coefficient (Wildman–Crippen LogP) is 2.09. The topological polar surface area (TPSA) is 92.3 Å². The lowest BCUT2D eigenvalue weighted by Gasteiger charge is -2.10. The fourth-order valence-corrected chi connectivity index (χ4v) is 2.32. The molecule has 0 radical (unpaired) electrons. The highest BCUT2D eigenvalue weighted by Crippen LogP contribution is 2.26. The first-order valence-electron chi connectivity index (χ1n) is 7.57. The lowest BCUT2D eigenvalue weighted by Crippen LogP contribution is -2.13. The minimum Gasteiger partial charge on any atom is -0.458 e. The van der Waals surface area contributed by atoms with Gasteiger partial charge in [0.15, 0.2) is 5.65 Å². The first kappa shape index (κ1) is 17.0. The highest BCUT2D eigenvalue weighted by Gasteiger charge is 2.20. The number of anilines is 1. The smallest absolute Gasteiger partial charge is 0.342 e. The predicted molar refractivity (Wildman–Crippen MR) is 88.3 cm³/mol. The molecule has 0 aliphatic rings. The number of aryl methyl sites for hydroxylation is 2. The van der Waals surface area contributed by atoms with E-state index in [1.165, 1.54) is 6.08 Å². The Morgan fingerprint density at radius 3 is 3.00 bits per heavy atom. The van der Waals surface area contributed by atoms with Gasteiger partial charge in [-0.3, -0.25) is 0 Å². The molecule has 7 heteroatoms. The standard InChI is InChI=1S/C16H22N4O3/c1-4-8-23-16(21)13-11(3)19-15-12(14(13)17)10-18-20(15)7-6-9-22-5-2/h4,10H,1,5-9H2,2-3H3,(H2,17,19). The minimum atomic E-state index is -0.501. The maximum Gasteiger partial charge on any atom is 0.342 e. The highest BCUT2D eigenvalue weighted by molar-refractivity contribution is 6.04. The van der Waals surface area contributed by atoms with E-state index in [2.05, 4.69) is 16.7 Å². The Morgan fingerprint density at radius 1 is 1.52 bits per heavy atom. The van der Waals surface area contributed by atoms with E-state index in [0.29, 0.717) is 42.2 Å². The minimum absolute atomic E-state index is 0.131. The second-order valence-corrected chi connectivity index (χ2v) is 5.03. The number of aromatic nitrogens is 3. The van der Waals surface area contributed by atoms with Crippen LogP contribution in [0.2, 0.25) is 0 Å². The normalized spacial score (nSPS) is 10.9. The molecule has 0 saturated carbocycles. The van der Waals surface area contributed by atoms with Gasteiger partial charge in [0, 0.05) is 19.8 Å². The number of pyridine rings is 1. The van der Waals surface area contributed by atoms with Gasteiger partial charge < -0.3 is 15.2 Å². The van der Waals surface area contributed by atoms with E-state index in [9.17, 15) is 4.79 Å². The summed E-state index contributed by atoms with van der Waals surface area (Å²) in [5.41, 5.74) is 7.96. The van der Waals surface area contributed by atoms with Crippen molar-refractivity contribution in [1.82, 2.24) is 14.8 Å². The zero-order valence-electron chi connectivity index (χ0n) is 13.5. The summed E-state index contributed by atoms with van der Waals surface area (Å²) >= 11 is 0. The number of nitrogen functional groups attached to an aromatic ring is 1. The zero-order chi connectivity index (χ0) is 16.8. The molecular weight excluding hydrogens is 296 g/mol. The Bertz CT molecular complexity index is 709. The van der Waals surface area contributed by atoms with Crippen molar-refractivity contribution in [3.05, 3.63) is 30.1 Å². The molecule has 0 fully saturated rings. The van der Waals surface area contributed by atoms with Crippen molar-refractivity contribution in [2.24, 2.45) is 0 Å². The summed E-state index contributed by atoms with van der Waals surface area (Å²) in [5, 5.41) is 4.96. The molecule has 2 aromatic heterocycles. The number of ether oxygens (including phenoxy) is 2. The van der Waals surface area contributed by atoms with Gasteiger partial charge in [0.25, 0.3) is 0 Å². The summed E-state index contributed by atoms with van der Waals surface area (Å²) in [6.45, 7) is 9.38. The largest absolute Gasteiger partial charge is 0.458 e. The van der Waals surface area contributed by atoms with Crippen LogP contribution in [0.15, 0.2) is 18.9 Å². The number of rotatable bonds is 8. The Kier molecular flexibility index (Phi) is 5.70. The molecule has 2 aromatic rings. The molecule has 7 nitrogen and oxygen atoms in total. The number of hydrogen-bond donors (Lipinski definition) is 1. The van der Waals surface area contributed by atoms with E-state index in [-0.39, 0.29) is 12.2 Å². The Morgan fingerprint density at radius 2 is 2.30 bits per heavy atom. The van der Waals surface area contributed by atoms with Crippen LogP contribution >= 0.6 is 0 Å². The van der Waals surface area contributed by atoms with Crippen LogP contribution in [0.25, 0.3) is 11.0 Å². The van der Waals surface area contributed by atoms with Gasteiger partial charge in [0.05, 0.1) is 23.0 Å². The van der Waals surface area contributed by atoms with E-state index in [1.54, 1.807) is 17.8 Å². The van der Waals surface area contributed by atoms with Crippen LogP contribution in [0.4, 0.5) is 5.69 Å². The third-order valence-electron chi connectivity index (χ3n) is 3.41. The average Bonchev–Trinajstić information content (AvgIpc) is 2.92. The summed E-state index contributed by atoms with van der Waals surface area (Å²) in [7, 11) is 0. The van der Waals surface area contributed by atoms with Crippen LogP contribution in [0.3, 0.4) is 0 Å². The second kappa shape index (κ2) is 7.73. The molecular formula is C16H22N4O3. The van der Waals surface area contributed by atoms with Crippen LogP contribution in [0.1, 0.15) is 29.4 Å². The fraction of sp³-hybridized carbons (Fsp3) is 0.438. The molecule has 0 aromatic carbocycles. The van der Waals surface area contributed by atoms with Crippen molar-refractivity contribution in [2.45, 2.75) is 26.8 Å². The summed E-state index contributed by atoms with van der Waals surface area (Å²) in [6.07, 6.45) is 3.96. The van der Waals surface area contributed by atoms with Crippen molar-refractivity contribution in [1.29, 1.82) is 0 Å². The van der Waals surface area contributed by atoms with Crippen molar-refractivity contribution in [2.75, 3.05) is 25.6 Å². The number of hydrogen-bond acceptors (Lipinski definition) is 6. The first-order valence-corrected chi connectivity index (χ1v) is 7.57. The van der Waals surface area contributed by atoms with Gasteiger partial charge in [-0.2, -0.15) is 5.10 Å². The Balaban J connectivity index is 2.29. The highest BCUT2D eigenvalue weighted by atomic mass is 16.5. The summed E-state index contributed by atoms with van der Waals surface area (Å²) in [6, 6.07) is 0. The second-order valence-electron chi connectivity index (χ2n) is 5.03. The molecule has 23 heavy (non-hydrogen) atoms. The third-order valence-corrected chi connectivity index (χ3v) is 3.41. The molecule has 0 unspecified atom stereocenters. The Hall–Kier alpha value is -2.41. The van der Waals surface area contributed by atoms with Crippen molar-refractivity contribution in [3.63, 3.8) is 0 Å². The molecule has 0 saturated heterocycles. The lowest BCUT2D eigenvalue weighted by atomic mass is 10.1. The molecule has 0 aliphatic heterocycles. The number of fused-ring (bicyclic) bond motifs is 1. The SMILES string of the molecule is C=CCOC(=O)c1c(C)nc2c(cnn2CCCOCC)c1N. The molecule has 2 heterocycles. The van der Waals surface area contributed by atoms with Crippen LogP contribution in [0.5, 0.6) is 0 Å². The van der Waals surface area contributed by atoms with Gasteiger partial charge in [-0.05, 0) is 20.3 Å². The number of nitrogens with zero attached hydrogens (tertiary/aromatic N) is 3. The van der Waals surface area contributed by atoms with E-state index < -0.39 is 5.97 Å². The van der Waals surface area contributed by atoms with Crippen LogP contribution in [-0.2, 0) is 16.0 Å². The maximum absolute atomic E-state index is 12.1. The monoisotopic (exact) mass is 318 g/mol. The van der Waals surface area contributed by atoms with Crippen molar-refractivity contribution >= 4 is 22.7 Å². The molecule has 0 aliphatic carbocycles. The summed E-state index contributed by atoms with van der Waals surface area (Å²) in [4.78, 5) is 16.6. The molecule has 0 bridgehead atoms. The molecule has 2 rings (SSSR count). The number of carbonyl (C=O) groups is 1. The van der Waals surface area contributed by atoms with Crippen molar-refractivity contribution in [3.8, 4) is 0 Å². The van der Waals surface area contributed by atoms with E-state index in [4.69, 9.17) is 15.2 Å². The average molecular weight is 318 g/mol. The number of nitrogens with two attached hydrogens (primary N) is 1. The Labute approximate surface area is 135 Å². The number of esters is 1. The van der Waals surface area contributed by atoms with E-state index >= 15 is 0 Å². The van der Waals surface area contributed by atoms with Crippen LogP contribution < -0.4 is 5.73 Å². The van der Waals surface area contributed by atoms with Crippen molar-refractivity contribution < 1.29 is 14.3 Å². The van der Waals surface area contributed by atoms with Gasteiger partial charge in [0.2, 0.25) is 0 Å². The molecule has 0 amide bonds. The first-order chi connectivity index (χ1) is 11.1. The maximum atomic E-state index is 12.1. The van der Waals surface area contributed by atoms with Crippen LogP contribution in [0, 0.1) is 6.92 Å². The quantitative estimate of drug-likeness (QED) is 0.455. The zero-order valence-corrected chi connectivity index (χ0v) is 13.5. The molecule has 124 valence electrons. The molecule has 0 spiro atoms. The third kappa shape index (κ3) is 3.68. The van der Waals surface area contributed by atoms with Crippen LogP contribution in [-0.4, -0.2) is 40.6 Å². The van der Waals surface area contributed by atoms with Gasteiger partial charge >= 0.3 is 5.97 Å². The lowest BCUT2D eigenvalue weighted by molar-refractivity contribution is 0.0550. The van der Waals surface area contributed by atoms with E-state index in [0.717, 1.165) is 6.42 Å². The molecule has 0 atom stereocenters. The molecule has 2 N–H and O–H groups in total. The fourth-order valence-electron chi connectivity index (χ4n) is 2.32. The number of carbonyl (C=O) groups excluding carboxylic acids is 1. The van der Waals surface area contributed by atoms with Gasteiger partial charge in [-0.15, -0.1) is 0 Å². The van der Waals surface area contributed by atoms with Gasteiger partial charge in [0.1, 0.15) is 12.2 Å².